The lowest BCUT2D eigenvalue weighted by Crippen LogP contribution is -2.13. The van der Waals surface area contributed by atoms with Crippen LogP contribution in [-0.2, 0) is 17.8 Å². The van der Waals surface area contributed by atoms with Crippen molar-refractivity contribution in [3.05, 3.63) is 65.2 Å². The quantitative estimate of drug-likeness (QED) is 0.737. The third kappa shape index (κ3) is 2.81. The van der Waals surface area contributed by atoms with Crippen LogP contribution < -0.4 is 0 Å². The Balaban J connectivity index is 1.81. The number of carbonyl (C=O) groups is 1. The molecular weight excluding hydrogens is 291 g/mol. The average Bonchev–Trinajstić information content (AvgIpc) is 2.87. The zero-order valence-corrected chi connectivity index (χ0v) is 11.8. The van der Waals surface area contributed by atoms with E-state index in [0.29, 0.717) is 0 Å². The number of carbonyl (C=O) groups excluding carboxylic acids is 1. The van der Waals surface area contributed by atoms with Gasteiger partial charge in [0.2, 0.25) is 0 Å². The van der Waals surface area contributed by atoms with Crippen LogP contribution in [0.15, 0.2) is 48.8 Å². The molecule has 0 atom stereocenters. The second kappa shape index (κ2) is 5.66. The van der Waals surface area contributed by atoms with Crippen molar-refractivity contribution in [2.75, 3.05) is 0 Å². The first-order chi connectivity index (χ1) is 10.1. The summed E-state index contributed by atoms with van der Waals surface area (Å²) in [5, 5.41) is 0.277. The van der Waals surface area contributed by atoms with Gasteiger partial charge in [0.1, 0.15) is 5.82 Å². The fourth-order valence-electron chi connectivity index (χ4n) is 2.28. The van der Waals surface area contributed by atoms with Gasteiger partial charge >= 0.3 is 0 Å². The van der Waals surface area contributed by atoms with Crippen molar-refractivity contribution in [3.63, 3.8) is 0 Å². The summed E-state index contributed by atoms with van der Waals surface area (Å²) < 4.78 is 15.4. The molecule has 0 fully saturated rings. The first kappa shape index (κ1) is 13.8. The summed E-state index contributed by atoms with van der Waals surface area (Å²) in [5.41, 5.74) is 1.95. The van der Waals surface area contributed by atoms with Gasteiger partial charge in [0.05, 0.1) is 23.9 Å². The molecule has 0 saturated heterocycles. The number of halogens is 2. The third-order valence-electron chi connectivity index (χ3n) is 3.31. The Morgan fingerprint density at radius 1 is 1.19 bits per heavy atom. The van der Waals surface area contributed by atoms with Gasteiger partial charge in [0.25, 0.3) is 0 Å². The number of ketones is 1. The zero-order valence-electron chi connectivity index (χ0n) is 11.1. The first-order valence-corrected chi connectivity index (χ1v) is 6.87. The predicted molar refractivity (Wildman–Crippen MR) is 79.9 cm³/mol. The molecule has 1 heterocycles. The van der Waals surface area contributed by atoms with Crippen molar-refractivity contribution in [3.8, 4) is 0 Å². The number of hydrogen-bond acceptors (Lipinski definition) is 2. The number of fused-ring (bicyclic) bond motifs is 1. The Morgan fingerprint density at radius 3 is 2.81 bits per heavy atom. The third-order valence-corrected chi connectivity index (χ3v) is 3.66. The fraction of sp³-hybridized carbons (Fsp3) is 0.125. The molecule has 21 heavy (non-hydrogen) atoms. The molecule has 1 aromatic heterocycles. The van der Waals surface area contributed by atoms with E-state index < -0.39 is 5.82 Å². The van der Waals surface area contributed by atoms with E-state index in [1.165, 1.54) is 12.1 Å². The zero-order chi connectivity index (χ0) is 14.8. The highest BCUT2D eigenvalue weighted by Crippen LogP contribution is 2.20. The van der Waals surface area contributed by atoms with Gasteiger partial charge in [-0.15, -0.1) is 0 Å². The second-order valence-electron chi connectivity index (χ2n) is 4.78. The molecule has 0 unspecified atom stereocenters. The number of hydrogen-bond donors (Lipinski definition) is 0. The van der Waals surface area contributed by atoms with E-state index in [9.17, 15) is 9.18 Å². The SMILES string of the molecule is O=C(Cc1c(F)cccc1Cl)Cn1cnc2ccccc21. The lowest BCUT2D eigenvalue weighted by atomic mass is 10.1. The van der Waals surface area contributed by atoms with Crippen molar-refractivity contribution >= 4 is 28.4 Å². The fourth-order valence-corrected chi connectivity index (χ4v) is 2.51. The Kier molecular flexibility index (Phi) is 3.71. The number of imidazole rings is 1. The molecule has 106 valence electrons. The van der Waals surface area contributed by atoms with Crippen molar-refractivity contribution in [1.29, 1.82) is 0 Å². The highest BCUT2D eigenvalue weighted by atomic mass is 35.5. The van der Waals surface area contributed by atoms with Gasteiger partial charge in [-0.3, -0.25) is 4.79 Å². The molecule has 0 spiro atoms. The van der Waals surface area contributed by atoms with E-state index >= 15 is 0 Å². The maximum atomic E-state index is 13.7. The van der Waals surface area contributed by atoms with E-state index in [-0.39, 0.29) is 29.3 Å². The van der Waals surface area contributed by atoms with E-state index in [0.717, 1.165) is 11.0 Å². The molecule has 0 saturated carbocycles. The van der Waals surface area contributed by atoms with Crippen LogP contribution in [0.25, 0.3) is 11.0 Å². The molecule has 5 heteroatoms. The van der Waals surface area contributed by atoms with E-state index in [4.69, 9.17) is 11.6 Å². The average molecular weight is 303 g/mol. The maximum Gasteiger partial charge on any atom is 0.157 e. The molecule has 3 aromatic rings. The summed E-state index contributed by atoms with van der Waals surface area (Å²) in [5.74, 6) is -0.573. The summed E-state index contributed by atoms with van der Waals surface area (Å²) in [6, 6.07) is 12.0. The Hall–Kier alpha value is -2.20. The van der Waals surface area contributed by atoms with Gasteiger partial charge < -0.3 is 4.57 Å². The number of para-hydroxylation sites is 2. The van der Waals surface area contributed by atoms with Crippen LogP contribution in [0.3, 0.4) is 0 Å². The van der Waals surface area contributed by atoms with Crippen LogP contribution in [0.2, 0.25) is 5.02 Å². The minimum Gasteiger partial charge on any atom is -0.323 e. The van der Waals surface area contributed by atoms with Gasteiger partial charge in [-0.2, -0.15) is 0 Å². The largest absolute Gasteiger partial charge is 0.323 e. The number of Topliss-reactive ketones (excluding diaryl/α,β-unsaturated/α-hetero) is 1. The molecular formula is C16H12ClFN2O. The van der Waals surface area contributed by atoms with Gasteiger partial charge in [-0.25, -0.2) is 9.37 Å². The molecule has 0 amide bonds. The normalized spacial score (nSPS) is 11.0. The molecule has 0 aliphatic carbocycles. The standard InChI is InChI=1S/C16H12ClFN2O/c17-13-4-3-5-14(18)12(13)8-11(21)9-20-10-19-15-6-1-2-7-16(15)20/h1-7,10H,8-9H2. The van der Waals surface area contributed by atoms with E-state index in [1.54, 1.807) is 17.0 Å². The van der Waals surface area contributed by atoms with Crippen LogP contribution in [0.5, 0.6) is 0 Å². The Bertz CT molecular complexity index is 793. The minimum atomic E-state index is -0.452. The Morgan fingerprint density at radius 2 is 2.00 bits per heavy atom. The van der Waals surface area contributed by atoms with Gasteiger partial charge in [-0.1, -0.05) is 29.8 Å². The number of nitrogens with zero attached hydrogens (tertiary/aromatic N) is 2. The Labute approximate surface area is 126 Å². The summed E-state index contributed by atoms with van der Waals surface area (Å²) in [6.45, 7) is 0.144. The van der Waals surface area contributed by atoms with Crippen molar-refractivity contribution in [2.45, 2.75) is 13.0 Å². The molecule has 0 aliphatic heterocycles. The molecule has 2 aromatic carbocycles. The topological polar surface area (TPSA) is 34.9 Å². The number of benzene rings is 2. The van der Waals surface area contributed by atoms with Gasteiger partial charge in [0.15, 0.2) is 5.78 Å². The van der Waals surface area contributed by atoms with Crippen molar-refractivity contribution in [2.24, 2.45) is 0 Å². The van der Waals surface area contributed by atoms with Crippen molar-refractivity contribution < 1.29 is 9.18 Å². The molecule has 3 nitrogen and oxygen atoms in total. The molecule has 0 aliphatic rings. The summed E-state index contributed by atoms with van der Waals surface area (Å²) in [7, 11) is 0. The van der Waals surface area contributed by atoms with Crippen LogP contribution in [0, 0.1) is 5.82 Å². The van der Waals surface area contributed by atoms with Crippen LogP contribution in [0.1, 0.15) is 5.56 Å². The van der Waals surface area contributed by atoms with Crippen molar-refractivity contribution in [1.82, 2.24) is 9.55 Å². The molecule has 0 N–H and O–H groups in total. The van der Waals surface area contributed by atoms with Gasteiger partial charge in [-0.05, 0) is 24.3 Å². The summed E-state index contributed by atoms with van der Waals surface area (Å²) in [4.78, 5) is 16.4. The molecule has 0 bridgehead atoms. The monoisotopic (exact) mass is 302 g/mol. The van der Waals surface area contributed by atoms with Crippen LogP contribution >= 0.6 is 11.6 Å². The van der Waals surface area contributed by atoms with Crippen LogP contribution in [-0.4, -0.2) is 15.3 Å². The maximum absolute atomic E-state index is 13.7. The predicted octanol–water partition coefficient (Wildman–Crippen LogP) is 3.64. The number of aromatic nitrogens is 2. The van der Waals surface area contributed by atoms with E-state index in [1.807, 2.05) is 24.3 Å². The van der Waals surface area contributed by atoms with Crippen LogP contribution in [0.4, 0.5) is 4.39 Å². The molecule has 0 radical (unpaired) electrons. The smallest absolute Gasteiger partial charge is 0.157 e. The highest BCUT2D eigenvalue weighted by molar-refractivity contribution is 6.31. The summed E-state index contributed by atoms with van der Waals surface area (Å²) in [6.07, 6.45) is 1.59. The first-order valence-electron chi connectivity index (χ1n) is 6.49. The highest BCUT2D eigenvalue weighted by Gasteiger charge is 2.13. The van der Waals surface area contributed by atoms with Gasteiger partial charge in [0, 0.05) is 17.0 Å². The summed E-state index contributed by atoms with van der Waals surface area (Å²) >= 11 is 5.94. The second-order valence-corrected chi connectivity index (χ2v) is 5.18. The number of rotatable bonds is 4. The minimum absolute atomic E-state index is 0.0297. The van der Waals surface area contributed by atoms with E-state index in [2.05, 4.69) is 4.98 Å². The molecule has 3 rings (SSSR count). The lowest BCUT2D eigenvalue weighted by Gasteiger charge is -2.06. The lowest BCUT2D eigenvalue weighted by molar-refractivity contribution is -0.119.